The molecule has 0 radical (unpaired) electrons. The third kappa shape index (κ3) is 8.25. The normalized spacial score (nSPS) is 16.6. The molecule has 14 nitrogen and oxygen atoms in total. The Morgan fingerprint density at radius 3 is 2.58 bits per heavy atom. The van der Waals surface area contributed by atoms with Crippen LogP contribution in [0.25, 0.3) is 11.0 Å². The number of anilines is 2. The predicted octanol–water partition coefficient (Wildman–Crippen LogP) is 2.83. The Bertz CT molecular complexity index is 1560. The summed E-state index contributed by atoms with van der Waals surface area (Å²) in [4.78, 5) is 62.3. The van der Waals surface area contributed by atoms with E-state index in [-0.39, 0.29) is 48.7 Å². The molecule has 5 N–H and O–H groups in total. The Morgan fingerprint density at radius 2 is 1.91 bits per heavy atom. The van der Waals surface area contributed by atoms with Crippen LogP contribution < -0.4 is 21.3 Å². The van der Waals surface area contributed by atoms with Gasteiger partial charge in [-0.3, -0.25) is 14.2 Å². The molecule has 1 unspecified atom stereocenters. The second-order valence-corrected chi connectivity index (χ2v) is 10.9. The highest BCUT2D eigenvalue weighted by atomic mass is 35.5. The zero-order valence-corrected chi connectivity index (χ0v) is 26.0. The van der Waals surface area contributed by atoms with Crippen LogP contribution in [0.1, 0.15) is 49.4 Å². The third-order valence-electron chi connectivity index (χ3n) is 7.96. The van der Waals surface area contributed by atoms with E-state index in [4.69, 9.17) is 11.0 Å². The fraction of sp³-hybridized carbons (Fsp3) is 0.433. The Morgan fingerprint density at radius 1 is 1.18 bits per heavy atom. The van der Waals surface area contributed by atoms with Crippen molar-refractivity contribution in [3.05, 3.63) is 48.4 Å². The summed E-state index contributed by atoms with van der Waals surface area (Å²) in [5, 5.41) is 24.3. The minimum Gasteiger partial charge on any atom is -0.480 e. The number of nitriles is 1. The Hall–Kier alpha value is -4.74. The van der Waals surface area contributed by atoms with Crippen LogP contribution in [-0.4, -0.2) is 87.1 Å². The van der Waals surface area contributed by atoms with Crippen molar-refractivity contribution in [1.82, 2.24) is 24.8 Å². The van der Waals surface area contributed by atoms with Crippen molar-refractivity contribution in [2.45, 2.75) is 51.1 Å². The summed E-state index contributed by atoms with van der Waals surface area (Å²) in [6.45, 7) is 3.63. The van der Waals surface area contributed by atoms with Crippen LogP contribution in [-0.2, 0) is 9.59 Å². The van der Waals surface area contributed by atoms with Crippen molar-refractivity contribution in [3.8, 4) is 6.07 Å². The Kier molecular flexibility index (Phi) is 12.2. The number of hydrogen-bond donors (Lipinski definition) is 4. The molecule has 4 rings (SSSR count). The van der Waals surface area contributed by atoms with E-state index >= 15 is 0 Å². The van der Waals surface area contributed by atoms with Crippen molar-refractivity contribution in [1.29, 1.82) is 5.26 Å². The first-order valence-electron chi connectivity index (χ1n) is 14.5. The largest absolute Gasteiger partial charge is 0.480 e. The van der Waals surface area contributed by atoms with Gasteiger partial charge < -0.3 is 31.3 Å². The monoisotopic (exact) mass is 639 g/mol. The molecular weight excluding hydrogens is 602 g/mol. The number of likely N-dealkylation sites (tertiary alicyclic amines) is 1. The van der Waals surface area contributed by atoms with Crippen LogP contribution in [0, 0.1) is 17.2 Å². The number of unbranched alkanes of at least 4 members (excludes halogenated alkanes) is 1. The maximum absolute atomic E-state index is 13.2. The van der Waals surface area contributed by atoms with Crippen LogP contribution in [0.15, 0.2) is 42.9 Å². The predicted molar refractivity (Wildman–Crippen MR) is 170 cm³/mol. The molecule has 0 spiro atoms. The van der Waals surface area contributed by atoms with Gasteiger partial charge in [-0.05, 0) is 68.5 Å². The lowest BCUT2D eigenvalue weighted by Gasteiger charge is -2.42. The van der Waals surface area contributed by atoms with Crippen molar-refractivity contribution in [2.75, 3.05) is 36.9 Å². The number of likely N-dealkylation sites (N-methyl/N-ethyl adjacent to an activating group) is 1. The van der Waals surface area contributed by atoms with Crippen molar-refractivity contribution in [2.24, 2.45) is 11.7 Å². The smallest absolute Gasteiger partial charge is 0.331 e. The van der Waals surface area contributed by atoms with Crippen LogP contribution >= 0.6 is 12.4 Å². The maximum atomic E-state index is 13.2. The van der Waals surface area contributed by atoms with E-state index in [0.29, 0.717) is 55.0 Å². The van der Waals surface area contributed by atoms with Gasteiger partial charge >= 0.3 is 12.0 Å². The molecule has 45 heavy (non-hydrogen) atoms. The second-order valence-electron chi connectivity index (χ2n) is 10.9. The van der Waals surface area contributed by atoms with Crippen molar-refractivity contribution >= 4 is 58.8 Å². The number of carboxylic acid groups (broad SMARTS) is 1. The highest BCUT2D eigenvalue weighted by Gasteiger charge is 2.33. The van der Waals surface area contributed by atoms with Crippen LogP contribution in [0.5, 0.6) is 0 Å². The standard InChI is InChI=1S/C30H37N9O5.ClH/c1-19-11-15-38(25(40)10-14-32)17-24(19)37(2)26-22-12-16-39(27(22)34-18-33-26)30(44)35-21-8-6-20(7-9-21)28(41)36-23(29(42)43)5-3-4-13-31;/h6-9,12,16,18-19,23-24H,3-5,10-11,13,15,17,31H2,1-2H3,(H,35,44)(H,36,41)(H,42,43);1H/t19-,23?,24+;/m1./s1. The zero-order chi connectivity index (χ0) is 31.8. The molecule has 3 heterocycles. The SMILES string of the molecule is C[C@@H]1CCN(C(=O)CC#N)C[C@@H]1N(C)c1ncnc2c1ccn2C(=O)Nc1ccc(C(=O)NC(CCCCN)C(=O)O)cc1.Cl. The molecule has 0 saturated carbocycles. The Labute approximate surface area is 267 Å². The fourth-order valence-corrected chi connectivity index (χ4v) is 5.38. The first kappa shape index (κ1) is 34.7. The summed E-state index contributed by atoms with van der Waals surface area (Å²) in [5.41, 5.74) is 6.54. The molecule has 1 fully saturated rings. The summed E-state index contributed by atoms with van der Waals surface area (Å²) in [5.74, 6) is -0.955. The number of halogens is 1. The number of nitrogens with zero attached hydrogens (tertiary/aromatic N) is 6. The van der Waals surface area contributed by atoms with E-state index < -0.39 is 23.9 Å². The number of carbonyl (C=O) groups is 4. The average Bonchev–Trinajstić information content (AvgIpc) is 3.45. The minimum atomic E-state index is -1.11. The topological polar surface area (TPSA) is 200 Å². The van der Waals surface area contributed by atoms with Gasteiger partial charge in [0.15, 0.2) is 5.65 Å². The molecule has 3 aromatic rings. The average molecular weight is 640 g/mol. The summed E-state index contributed by atoms with van der Waals surface area (Å²) in [7, 11) is 1.90. The first-order chi connectivity index (χ1) is 21.1. The summed E-state index contributed by atoms with van der Waals surface area (Å²) >= 11 is 0. The molecular formula is C30H38ClN9O5. The number of carbonyl (C=O) groups excluding carboxylic acids is 3. The fourth-order valence-electron chi connectivity index (χ4n) is 5.38. The van der Waals surface area contributed by atoms with Gasteiger partial charge in [-0.25, -0.2) is 19.6 Å². The molecule has 3 atom stereocenters. The van der Waals surface area contributed by atoms with Gasteiger partial charge in [-0.1, -0.05) is 6.92 Å². The second kappa shape index (κ2) is 15.8. The van der Waals surface area contributed by atoms with E-state index in [1.165, 1.54) is 23.0 Å². The van der Waals surface area contributed by atoms with Crippen molar-refractivity contribution in [3.63, 3.8) is 0 Å². The van der Waals surface area contributed by atoms with Crippen LogP contribution in [0.4, 0.5) is 16.3 Å². The van der Waals surface area contributed by atoms with Gasteiger partial charge in [0, 0.05) is 37.6 Å². The lowest BCUT2D eigenvalue weighted by molar-refractivity contribution is -0.139. The number of fused-ring (bicyclic) bond motifs is 1. The summed E-state index contributed by atoms with van der Waals surface area (Å²) < 4.78 is 1.36. The third-order valence-corrected chi connectivity index (χ3v) is 7.96. The highest BCUT2D eigenvalue weighted by Crippen LogP contribution is 2.30. The number of nitrogens with one attached hydrogen (secondary N) is 2. The molecule has 2 aromatic heterocycles. The number of aromatic nitrogens is 3. The zero-order valence-electron chi connectivity index (χ0n) is 25.2. The maximum Gasteiger partial charge on any atom is 0.331 e. The van der Waals surface area contributed by atoms with Gasteiger partial charge in [0.05, 0.1) is 17.5 Å². The van der Waals surface area contributed by atoms with Gasteiger partial charge in [-0.2, -0.15) is 5.26 Å². The number of amides is 3. The molecule has 15 heteroatoms. The molecule has 1 saturated heterocycles. The molecule has 1 aliphatic rings. The van der Waals surface area contributed by atoms with E-state index in [0.717, 1.165) is 6.42 Å². The highest BCUT2D eigenvalue weighted by molar-refractivity contribution is 6.01. The van der Waals surface area contributed by atoms with E-state index in [2.05, 4.69) is 27.5 Å². The van der Waals surface area contributed by atoms with Gasteiger partial charge in [0.25, 0.3) is 5.91 Å². The number of benzene rings is 1. The number of rotatable bonds is 11. The van der Waals surface area contributed by atoms with Crippen LogP contribution in [0.2, 0.25) is 0 Å². The van der Waals surface area contributed by atoms with E-state index in [9.17, 15) is 24.3 Å². The number of hydrogen-bond acceptors (Lipinski definition) is 9. The number of carboxylic acids is 1. The Balaban J connectivity index is 0.00000552. The minimum absolute atomic E-state index is 0. The van der Waals surface area contributed by atoms with E-state index in [1.54, 1.807) is 29.3 Å². The first-order valence-corrected chi connectivity index (χ1v) is 14.5. The van der Waals surface area contributed by atoms with Gasteiger partial charge in [0.2, 0.25) is 5.91 Å². The summed E-state index contributed by atoms with van der Waals surface area (Å²) in [6.07, 6.45) is 5.14. The molecule has 1 aromatic carbocycles. The summed E-state index contributed by atoms with van der Waals surface area (Å²) in [6, 6.07) is 8.26. The van der Waals surface area contributed by atoms with Crippen LogP contribution in [0.3, 0.4) is 0 Å². The molecule has 240 valence electrons. The van der Waals surface area contributed by atoms with E-state index in [1.807, 2.05) is 18.0 Å². The van der Waals surface area contributed by atoms with Gasteiger partial charge in [0.1, 0.15) is 24.6 Å². The number of piperidine rings is 1. The lowest BCUT2D eigenvalue weighted by Crippen LogP contribution is -2.52. The van der Waals surface area contributed by atoms with Gasteiger partial charge in [-0.15, -0.1) is 12.4 Å². The number of nitrogens with two attached hydrogens (primary N) is 1. The molecule has 3 amide bonds. The van der Waals surface area contributed by atoms with Crippen molar-refractivity contribution < 1.29 is 24.3 Å². The molecule has 0 bridgehead atoms. The molecule has 0 aliphatic carbocycles. The quantitative estimate of drug-likeness (QED) is 0.226. The molecule has 1 aliphatic heterocycles. The lowest BCUT2D eigenvalue weighted by atomic mass is 9.92. The number of aliphatic carboxylic acids is 1.